The fourth-order valence-corrected chi connectivity index (χ4v) is 1.10. The SMILES string of the molecule is CCCc1cc[c]cc1C. The van der Waals surface area contributed by atoms with Gasteiger partial charge in [0.05, 0.1) is 0 Å². The Hall–Kier alpha value is -0.780. The molecule has 0 heteroatoms. The summed E-state index contributed by atoms with van der Waals surface area (Å²) in [6, 6.07) is 9.24. The molecule has 0 atom stereocenters. The monoisotopic (exact) mass is 133 g/mol. The minimum absolute atomic E-state index is 1.19. The number of rotatable bonds is 2. The lowest BCUT2D eigenvalue weighted by atomic mass is 10.1. The Morgan fingerprint density at radius 1 is 1.50 bits per heavy atom. The maximum atomic E-state index is 3.06. The van der Waals surface area contributed by atoms with Gasteiger partial charge in [0.15, 0.2) is 0 Å². The fourth-order valence-electron chi connectivity index (χ4n) is 1.10. The fraction of sp³-hybridized carbons (Fsp3) is 0.400. The maximum absolute atomic E-state index is 3.06. The van der Waals surface area contributed by atoms with Crippen LogP contribution in [0.3, 0.4) is 0 Å². The van der Waals surface area contributed by atoms with Gasteiger partial charge < -0.3 is 0 Å². The van der Waals surface area contributed by atoms with Crippen LogP contribution in [0.4, 0.5) is 0 Å². The average molecular weight is 133 g/mol. The minimum Gasteiger partial charge on any atom is -0.0651 e. The van der Waals surface area contributed by atoms with Crippen LogP contribution in [0, 0.1) is 13.0 Å². The normalized spacial score (nSPS) is 9.80. The predicted octanol–water partition coefficient (Wildman–Crippen LogP) is 2.75. The summed E-state index contributed by atoms with van der Waals surface area (Å²) in [6.07, 6.45) is 2.42. The highest BCUT2D eigenvalue weighted by Crippen LogP contribution is 2.08. The lowest BCUT2D eigenvalue weighted by Gasteiger charge is -2.00. The van der Waals surface area contributed by atoms with Gasteiger partial charge in [-0.25, -0.2) is 0 Å². The summed E-state index contributed by atoms with van der Waals surface area (Å²) >= 11 is 0. The molecule has 0 saturated heterocycles. The first-order valence-corrected chi connectivity index (χ1v) is 3.80. The van der Waals surface area contributed by atoms with Gasteiger partial charge in [0.2, 0.25) is 0 Å². The molecule has 0 fully saturated rings. The van der Waals surface area contributed by atoms with Gasteiger partial charge in [0.25, 0.3) is 0 Å². The van der Waals surface area contributed by atoms with Crippen LogP contribution in [0.15, 0.2) is 18.2 Å². The highest BCUT2D eigenvalue weighted by Gasteiger charge is 1.92. The molecule has 0 N–H and O–H groups in total. The van der Waals surface area contributed by atoms with Crippen LogP contribution in [0.1, 0.15) is 24.5 Å². The second kappa shape index (κ2) is 3.40. The predicted molar refractivity (Wildman–Crippen MR) is 44.0 cm³/mol. The number of hydrogen-bond acceptors (Lipinski definition) is 0. The quantitative estimate of drug-likeness (QED) is 0.582. The largest absolute Gasteiger partial charge is 0.0651 e. The zero-order valence-corrected chi connectivity index (χ0v) is 6.65. The molecule has 0 amide bonds. The van der Waals surface area contributed by atoms with E-state index in [-0.39, 0.29) is 0 Å². The Morgan fingerprint density at radius 3 is 2.90 bits per heavy atom. The van der Waals surface area contributed by atoms with E-state index in [4.69, 9.17) is 0 Å². The lowest BCUT2D eigenvalue weighted by Crippen LogP contribution is -1.86. The standard InChI is InChI=1S/C10H13/c1-3-6-10-8-5-4-7-9(10)2/h5,7-8H,3,6H2,1-2H3. The molecule has 0 aliphatic heterocycles. The smallest absolute Gasteiger partial charge is 0.0181 e. The van der Waals surface area contributed by atoms with Gasteiger partial charge in [0.1, 0.15) is 0 Å². The molecule has 0 heterocycles. The average Bonchev–Trinajstić information content (AvgIpc) is 1.94. The van der Waals surface area contributed by atoms with Crippen LogP contribution in [0.5, 0.6) is 0 Å². The molecule has 0 bridgehead atoms. The number of hydrogen-bond donors (Lipinski definition) is 0. The zero-order valence-electron chi connectivity index (χ0n) is 6.65. The Balaban J connectivity index is 2.81. The minimum atomic E-state index is 1.19. The van der Waals surface area contributed by atoms with Crippen molar-refractivity contribution < 1.29 is 0 Å². The van der Waals surface area contributed by atoms with E-state index < -0.39 is 0 Å². The van der Waals surface area contributed by atoms with Crippen molar-refractivity contribution in [2.45, 2.75) is 26.7 Å². The highest BCUT2D eigenvalue weighted by atomic mass is 14.0. The van der Waals surface area contributed by atoms with Crippen molar-refractivity contribution in [1.29, 1.82) is 0 Å². The lowest BCUT2D eigenvalue weighted by molar-refractivity contribution is 0.913. The summed E-state index contributed by atoms with van der Waals surface area (Å²) in [5.41, 5.74) is 2.82. The van der Waals surface area contributed by atoms with E-state index in [1.165, 1.54) is 24.0 Å². The first kappa shape index (κ1) is 7.33. The van der Waals surface area contributed by atoms with Crippen molar-refractivity contribution in [1.82, 2.24) is 0 Å². The third-order valence-electron chi connectivity index (χ3n) is 1.71. The molecular weight excluding hydrogens is 120 g/mol. The van der Waals surface area contributed by atoms with E-state index in [1.54, 1.807) is 0 Å². The summed E-state index contributed by atoms with van der Waals surface area (Å²) in [5.74, 6) is 0. The second-order valence-electron chi connectivity index (χ2n) is 2.60. The van der Waals surface area contributed by atoms with E-state index in [9.17, 15) is 0 Å². The third kappa shape index (κ3) is 1.60. The van der Waals surface area contributed by atoms with Crippen LogP contribution in [-0.2, 0) is 6.42 Å². The van der Waals surface area contributed by atoms with Gasteiger partial charge in [-0.1, -0.05) is 31.5 Å². The van der Waals surface area contributed by atoms with Gasteiger partial charge in [-0.15, -0.1) is 0 Å². The molecule has 10 heavy (non-hydrogen) atoms. The van der Waals surface area contributed by atoms with Crippen LogP contribution in [-0.4, -0.2) is 0 Å². The first-order valence-electron chi connectivity index (χ1n) is 3.80. The number of benzene rings is 1. The zero-order chi connectivity index (χ0) is 7.40. The molecule has 1 aromatic rings. The Labute approximate surface area is 62.9 Å². The van der Waals surface area contributed by atoms with Crippen molar-refractivity contribution in [3.63, 3.8) is 0 Å². The van der Waals surface area contributed by atoms with E-state index >= 15 is 0 Å². The molecule has 1 aromatic carbocycles. The van der Waals surface area contributed by atoms with E-state index in [2.05, 4.69) is 26.0 Å². The Kier molecular flexibility index (Phi) is 2.49. The van der Waals surface area contributed by atoms with Crippen LogP contribution in [0.25, 0.3) is 0 Å². The van der Waals surface area contributed by atoms with E-state index in [0.29, 0.717) is 0 Å². The van der Waals surface area contributed by atoms with E-state index in [1.807, 2.05) is 12.1 Å². The van der Waals surface area contributed by atoms with Crippen LogP contribution in [0.2, 0.25) is 0 Å². The summed E-state index contributed by atoms with van der Waals surface area (Å²) in [6.45, 7) is 4.34. The Bertz CT molecular complexity index is 201. The van der Waals surface area contributed by atoms with Gasteiger partial charge in [-0.2, -0.15) is 0 Å². The molecular formula is C10H13. The highest BCUT2D eigenvalue weighted by molar-refractivity contribution is 5.24. The molecule has 0 aliphatic carbocycles. The summed E-state index contributed by atoms with van der Waals surface area (Å²) in [5, 5.41) is 0. The topological polar surface area (TPSA) is 0 Å². The summed E-state index contributed by atoms with van der Waals surface area (Å²) in [4.78, 5) is 0. The molecule has 53 valence electrons. The summed E-state index contributed by atoms with van der Waals surface area (Å²) in [7, 11) is 0. The molecule has 0 saturated carbocycles. The van der Waals surface area contributed by atoms with Gasteiger partial charge in [-0.3, -0.25) is 0 Å². The van der Waals surface area contributed by atoms with Gasteiger partial charge in [-0.05, 0) is 30.5 Å². The van der Waals surface area contributed by atoms with Crippen LogP contribution < -0.4 is 0 Å². The molecule has 1 rings (SSSR count). The molecule has 0 spiro atoms. The molecule has 0 aromatic heterocycles. The van der Waals surface area contributed by atoms with Gasteiger partial charge in [0, 0.05) is 0 Å². The van der Waals surface area contributed by atoms with Crippen molar-refractivity contribution in [3.05, 3.63) is 35.4 Å². The van der Waals surface area contributed by atoms with Crippen molar-refractivity contribution >= 4 is 0 Å². The Morgan fingerprint density at radius 2 is 2.30 bits per heavy atom. The van der Waals surface area contributed by atoms with Crippen molar-refractivity contribution in [2.75, 3.05) is 0 Å². The third-order valence-corrected chi connectivity index (χ3v) is 1.71. The van der Waals surface area contributed by atoms with Crippen molar-refractivity contribution in [3.8, 4) is 0 Å². The first-order chi connectivity index (χ1) is 4.84. The van der Waals surface area contributed by atoms with Crippen molar-refractivity contribution in [2.24, 2.45) is 0 Å². The number of aryl methyl sites for hydroxylation is 2. The maximum Gasteiger partial charge on any atom is -0.0181 e. The summed E-state index contributed by atoms with van der Waals surface area (Å²) < 4.78 is 0. The second-order valence-corrected chi connectivity index (χ2v) is 2.60. The van der Waals surface area contributed by atoms with Crippen LogP contribution >= 0.6 is 0 Å². The van der Waals surface area contributed by atoms with Gasteiger partial charge >= 0.3 is 0 Å². The van der Waals surface area contributed by atoms with E-state index in [0.717, 1.165) is 0 Å². The molecule has 0 unspecified atom stereocenters. The molecule has 0 nitrogen and oxygen atoms in total. The molecule has 1 radical (unpaired) electrons. The molecule has 0 aliphatic rings.